The van der Waals surface area contributed by atoms with Gasteiger partial charge in [-0.2, -0.15) is 5.10 Å². The highest BCUT2D eigenvalue weighted by Gasteiger charge is 2.17. The van der Waals surface area contributed by atoms with Gasteiger partial charge in [0.25, 0.3) is 5.56 Å². The van der Waals surface area contributed by atoms with Gasteiger partial charge in [-0.15, -0.1) is 0 Å². The summed E-state index contributed by atoms with van der Waals surface area (Å²) in [6.07, 6.45) is 0. The molecule has 30 heavy (non-hydrogen) atoms. The van der Waals surface area contributed by atoms with Crippen molar-refractivity contribution in [1.82, 2.24) is 19.3 Å². The standard InChI is InChI=1S/C21H26ClN5O3/c1-12(2)11-30-17-9-19(29)27(25-20(17)13(3)4)10-18(28)24-21-23-15-8-14(22)6-7-16(15)26(21)5/h6-9,12-13H,10-11H2,1-5H3,(H,23,24,28). The van der Waals surface area contributed by atoms with Crippen LogP contribution in [0.15, 0.2) is 29.1 Å². The molecule has 1 amide bonds. The summed E-state index contributed by atoms with van der Waals surface area (Å²) in [5.41, 5.74) is 1.74. The molecule has 0 saturated carbocycles. The molecular weight excluding hydrogens is 406 g/mol. The van der Waals surface area contributed by atoms with E-state index in [0.29, 0.717) is 40.5 Å². The first-order valence-corrected chi connectivity index (χ1v) is 10.2. The Balaban J connectivity index is 1.82. The molecule has 0 aliphatic carbocycles. The maximum Gasteiger partial charge on any atom is 0.270 e. The normalized spacial score (nSPS) is 11.5. The van der Waals surface area contributed by atoms with E-state index in [-0.39, 0.29) is 12.5 Å². The van der Waals surface area contributed by atoms with Crippen molar-refractivity contribution in [3.63, 3.8) is 0 Å². The summed E-state index contributed by atoms with van der Waals surface area (Å²) in [4.78, 5) is 29.5. The van der Waals surface area contributed by atoms with E-state index in [0.717, 1.165) is 10.2 Å². The van der Waals surface area contributed by atoms with E-state index < -0.39 is 11.5 Å². The third-order valence-electron chi connectivity index (χ3n) is 4.50. The summed E-state index contributed by atoms with van der Waals surface area (Å²) in [7, 11) is 1.79. The Labute approximate surface area is 179 Å². The lowest BCUT2D eigenvalue weighted by Gasteiger charge is -2.16. The van der Waals surface area contributed by atoms with Gasteiger partial charge in [-0.3, -0.25) is 14.9 Å². The summed E-state index contributed by atoms with van der Waals surface area (Å²) >= 11 is 6.01. The monoisotopic (exact) mass is 431 g/mol. The van der Waals surface area contributed by atoms with Crippen molar-refractivity contribution in [2.75, 3.05) is 11.9 Å². The Morgan fingerprint density at radius 1 is 1.23 bits per heavy atom. The SMILES string of the molecule is CC(C)COc1cc(=O)n(CC(=O)Nc2nc3cc(Cl)ccc3n2C)nc1C(C)C. The molecule has 2 heterocycles. The number of hydrogen-bond acceptors (Lipinski definition) is 5. The van der Waals surface area contributed by atoms with Crippen molar-refractivity contribution in [3.8, 4) is 5.75 Å². The summed E-state index contributed by atoms with van der Waals surface area (Å²) in [5.74, 6) is 0.784. The summed E-state index contributed by atoms with van der Waals surface area (Å²) in [5, 5.41) is 7.68. The van der Waals surface area contributed by atoms with Crippen LogP contribution < -0.4 is 15.6 Å². The quantitative estimate of drug-likeness (QED) is 0.617. The molecule has 2 aromatic heterocycles. The molecule has 3 rings (SSSR count). The molecule has 0 aliphatic rings. The number of aryl methyl sites for hydroxylation is 1. The zero-order valence-corrected chi connectivity index (χ0v) is 18.5. The van der Waals surface area contributed by atoms with E-state index in [1.54, 1.807) is 23.7 Å². The van der Waals surface area contributed by atoms with Gasteiger partial charge in [0.2, 0.25) is 11.9 Å². The molecule has 160 valence electrons. The minimum absolute atomic E-state index is 0.0339. The molecule has 0 saturated heterocycles. The number of fused-ring (bicyclic) bond motifs is 1. The Morgan fingerprint density at radius 2 is 1.97 bits per heavy atom. The van der Waals surface area contributed by atoms with Crippen LogP contribution >= 0.6 is 11.6 Å². The van der Waals surface area contributed by atoms with Gasteiger partial charge in [0, 0.05) is 24.1 Å². The molecule has 0 bridgehead atoms. The predicted octanol–water partition coefficient (Wildman–Crippen LogP) is 3.58. The molecule has 1 N–H and O–H groups in total. The number of ether oxygens (including phenoxy) is 1. The number of benzene rings is 1. The second kappa shape index (κ2) is 8.87. The third-order valence-corrected chi connectivity index (χ3v) is 4.73. The maximum absolute atomic E-state index is 12.6. The Bertz CT molecular complexity index is 1130. The molecule has 8 nitrogen and oxygen atoms in total. The zero-order chi connectivity index (χ0) is 22.0. The van der Waals surface area contributed by atoms with E-state index in [2.05, 4.69) is 15.4 Å². The molecule has 0 unspecified atom stereocenters. The molecular formula is C21H26ClN5O3. The highest BCUT2D eigenvalue weighted by molar-refractivity contribution is 6.31. The fourth-order valence-electron chi connectivity index (χ4n) is 2.96. The van der Waals surface area contributed by atoms with Crippen LogP contribution in [0.5, 0.6) is 5.75 Å². The van der Waals surface area contributed by atoms with Crippen molar-refractivity contribution in [2.24, 2.45) is 13.0 Å². The van der Waals surface area contributed by atoms with Gasteiger partial charge in [-0.05, 0) is 24.1 Å². The number of rotatable bonds is 7. The van der Waals surface area contributed by atoms with Crippen molar-refractivity contribution >= 4 is 34.5 Å². The van der Waals surface area contributed by atoms with Crippen LogP contribution in [0.3, 0.4) is 0 Å². The number of anilines is 1. The second-order valence-corrected chi connectivity index (χ2v) is 8.36. The number of imidazole rings is 1. The van der Waals surface area contributed by atoms with Gasteiger partial charge in [0.1, 0.15) is 18.0 Å². The Hall–Kier alpha value is -2.87. The highest BCUT2D eigenvalue weighted by atomic mass is 35.5. The average molecular weight is 432 g/mol. The zero-order valence-electron chi connectivity index (χ0n) is 17.8. The van der Waals surface area contributed by atoms with Crippen LogP contribution in [-0.4, -0.2) is 31.8 Å². The van der Waals surface area contributed by atoms with Gasteiger partial charge in [-0.1, -0.05) is 39.3 Å². The summed E-state index contributed by atoms with van der Waals surface area (Å²) in [6, 6.07) is 6.71. The molecule has 0 spiro atoms. The number of amides is 1. The van der Waals surface area contributed by atoms with E-state index >= 15 is 0 Å². The predicted molar refractivity (Wildman–Crippen MR) is 117 cm³/mol. The molecule has 9 heteroatoms. The molecule has 0 atom stereocenters. The first-order valence-electron chi connectivity index (χ1n) is 9.82. The van der Waals surface area contributed by atoms with Crippen LogP contribution in [0.1, 0.15) is 39.3 Å². The minimum atomic E-state index is -0.403. The fraction of sp³-hybridized carbons (Fsp3) is 0.429. The Morgan fingerprint density at radius 3 is 2.63 bits per heavy atom. The number of halogens is 1. The van der Waals surface area contributed by atoms with Crippen molar-refractivity contribution in [3.05, 3.63) is 45.3 Å². The van der Waals surface area contributed by atoms with Crippen LogP contribution in [0.2, 0.25) is 5.02 Å². The van der Waals surface area contributed by atoms with Gasteiger partial charge < -0.3 is 9.30 Å². The highest BCUT2D eigenvalue weighted by Crippen LogP contribution is 2.23. The number of hydrogen-bond donors (Lipinski definition) is 1. The summed E-state index contributed by atoms with van der Waals surface area (Å²) < 4.78 is 8.65. The largest absolute Gasteiger partial charge is 0.491 e. The lowest BCUT2D eigenvalue weighted by molar-refractivity contribution is -0.117. The maximum atomic E-state index is 12.6. The van der Waals surface area contributed by atoms with E-state index in [9.17, 15) is 9.59 Å². The van der Waals surface area contributed by atoms with Crippen LogP contribution in [0.4, 0.5) is 5.95 Å². The van der Waals surface area contributed by atoms with Crippen LogP contribution in [0, 0.1) is 5.92 Å². The van der Waals surface area contributed by atoms with Crippen molar-refractivity contribution in [2.45, 2.75) is 40.2 Å². The number of carbonyl (C=O) groups excluding carboxylic acids is 1. The van der Waals surface area contributed by atoms with Crippen LogP contribution in [0.25, 0.3) is 11.0 Å². The molecule has 3 aromatic rings. The van der Waals surface area contributed by atoms with Gasteiger partial charge >= 0.3 is 0 Å². The van der Waals surface area contributed by atoms with Crippen molar-refractivity contribution < 1.29 is 9.53 Å². The second-order valence-electron chi connectivity index (χ2n) is 7.92. The van der Waals surface area contributed by atoms with E-state index in [4.69, 9.17) is 16.3 Å². The number of carbonyl (C=O) groups is 1. The lowest BCUT2D eigenvalue weighted by atomic mass is 10.1. The Kier molecular flexibility index (Phi) is 6.45. The smallest absolute Gasteiger partial charge is 0.270 e. The minimum Gasteiger partial charge on any atom is -0.491 e. The molecule has 1 aromatic carbocycles. The van der Waals surface area contributed by atoms with E-state index in [1.807, 2.05) is 33.8 Å². The van der Waals surface area contributed by atoms with Gasteiger partial charge in [-0.25, -0.2) is 9.67 Å². The number of aromatic nitrogens is 4. The van der Waals surface area contributed by atoms with Crippen molar-refractivity contribution in [1.29, 1.82) is 0 Å². The van der Waals surface area contributed by atoms with Crippen LogP contribution in [-0.2, 0) is 18.4 Å². The topological polar surface area (TPSA) is 91.0 Å². The van der Waals surface area contributed by atoms with E-state index in [1.165, 1.54) is 6.07 Å². The lowest BCUT2D eigenvalue weighted by Crippen LogP contribution is -2.31. The molecule has 0 aliphatic heterocycles. The molecule has 0 fully saturated rings. The van der Waals surface area contributed by atoms with Gasteiger partial charge in [0.05, 0.1) is 17.6 Å². The van der Waals surface area contributed by atoms with Gasteiger partial charge in [0.15, 0.2) is 0 Å². The summed E-state index contributed by atoms with van der Waals surface area (Å²) in [6.45, 7) is 8.25. The first-order chi connectivity index (χ1) is 14.2. The number of nitrogens with zero attached hydrogens (tertiary/aromatic N) is 4. The average Bonchev–Trinajstić information content (AvgIpc) is 2.96. The molecule has 0 radical (unpaired) electrons. The fourth-order valence-corrected chi connectivity index (χ4v) is 3.13. The first kappa shape index (κ1) is 21.8. The third kappa shape index (κ3) is 4.81. The number of nitrogens with one attached hydrogen (secondary N) is 1.